The fourth-order valence-corrected chi connectivity index (χ4v) is 3.73. The molecule has 0 bridgehead atoms. The van der Waals surface area contributed by atoms with Gasteiger partial charge in [0, 0.05) is 5.56 Å². The lowest BCUT2D eigenvalue weighted by Crippen LogP contribution is -2.31. The van der Waals surface area contributed by atoms with Crippen LogP contribution in [0.1, 0.15) is 18.7 Å². The third-order valence-electron chi connectivity index (χ3n) is 4.83. The number of imidazole rings is 1. The number of aliphatic imine (C=N–C) groups is 1. The third kappa shape index (κ3) is 2.41. The Kier molecular flexibility index (Phi) is 3.50. The second-order valence-electron chi connectivity index (χ2n) is 6.44. The molecule has 0 spiro atoms. The highest BCUT2D eigenvalue weighted by atomic mass is 16.5. The zero-order chi connectivity index (χ0) is 18.4. The van der Waals surface area contributed by atoms with Gasteiger partial charge in [0.1, 0.15) is 5.75 Å². The lowest BCUT2D eigenvalue weighted by atomic mass is 10.0. The van der Waals surface area contributed by atoms with E-state index in [1.807, 2.05) is 49.4 Å². The molecular formula is C21H19N5O. The Morgan fingerprint density at radius 2 is 1.89 bits per heavy atom. The first-order valence-corrected chi connectivity index (χ1v) is 8.98. The first kappa shape index (κ1) is 15.7. The van der Waals surface area contributed by atoms with Crippen LogP contribution in [-0.4, -0.2) is 22.1 Å². The van der Waals surface area contributed by atoms with Crippen LogP contribution in [-0.2, 0) is 0 Å². The van der Waals surface area contributed by atoms with Crippen molar-refractivity contribution < 1.29 is 4.74 Å². The fourth-order valence-electron chi connectivity index (χ4n) is 3.73. The SMILES string of the molecule is CCOc1ccc2ccccc2c1C1N=C(N)Nc2nc3ccccc3n21. The standard InChI is InChI=1S/C21H19N5O/c1-2-27-17-12-11-13-7-3-4-8-14(13)18(17)19-24-20(22)25-21-23-15-9-5-6-10-16(15)26(19)21/h3-12,19H,2H2,1H3,(H3,22,23,24,25). The largest absolute Gasteiger partial charge is 0.493 e. The number of anilines is 1. The van der Waals surface area contributed by atoms with E-state index in [1.54, 1.807) is 0 Å². The van der Waals surface area contributed by atoms with Crippen LogP contribution < -0.4 is 15.8 Å². The number of rotatable bonds is 3. The highest BCUT2D eigenvalue weighted by molar-refractivity contribution is 5.96. The Labute approximate surface area is 156 Å². The van der Waals surface area contributed by atoms with Crippen LogP contribution in [0.4, 0.5) is 5.95 Å². The molecule has 3 aromatic carbocycles. The van der Waals surface area contributed by atoms with Crippen LogP contribution >= 0.6 is 0 Å². The molecule has 0 radical (unpaired) electrons. The molecule has 27 heavy (non-hydrogen) atoms. The Hall–Kier alpha value is -3.54. The summed E-state index contributed by atoms with van der Waals surface area (Å²) >= 11 is 0. The van der Waals surface area contributed by atoms with Crippen LogP contribution in [0.25, 0.3) is 21.8 Å². The molecule has 0 aliphatic carbocycles. The molecule has 1 unspecified atom stereocenters. The van der Waals surface area contributed by atoms with Gasteiger partial charge in [-0.3, -0.25) is 9.88 Å². The van der Waals surface area contributed by atoms with Crippen LogP contribution in [0.5, 0.6) is 5.75 Å². The van der Waals surface area contributed by atoms with E-state index in [2.05, 4.69) is 33.1 Å². The monoisotopic (exact) mass is 357 g/mol. The third-order valence-corrected chi connectivity index (χ3v) is 4.83. The minimum Gasteiger partial charge on any atom is -0.493 e. The van der Waals surface area contributed by atoms with E-state index in [-0.39, 0.29) is 6.17 Å². The average molecular weight is 357 g/mol. The number of ether oxygens (including phenoxy) is 1. The van der Waals surface area contributed by atoms with Crippen LogP contribution in [0.15, 0.2) is 65.7 Å². The average Bonchev–Trinajstić information content (AvgIpc) is 3.05. The number of para-hydroxylation sites is 2. The Balaban J connectivity index is 1.85. The highest BCUT2D eigenvalue weighted by Gasteiger charge is 2.28. The van der Waals surface area contributed by atoms with Crippen molar-refractivity contribution in [1.82, 2.24) is 9.55 Å². The number of nitrogens with zero attached hydrogens (tertiary/aromatic N) is 3. The zero-order valence-electron chi connectivity index (χ0n) is 14.9. The van der Waals surface area contributed by atoms with Crippen molar-refractivity contribution in [2.24, 2.45) is 10.7 Å². The first-order valence-electron chi connectivity index (χ1n) is 8.98. The summed E-state index contributed by atoms with van der Waals surface area (Å²) in [6, 6.07) is 20.3. The van der Waals surface area contributed by atoms with Crippen molar-refractivity contribution >= 4 is 33.7 Å². The number of nitrogens with two attached hydrogens (primary N) is 1. The van der Waals surface area contributed by atoms with Crippen molar-refractivity contribution in [3.05, 3.63) is 66.2 Å². The molecule has 0 fully saturated rings. The second-order valence-corrected chi connectivity index (χ2v) is 6.44. The van der Waals surface area contributed by atoms with Gasteiger partial charge in [-0.1, -0.05) is 42.5 Å². The van der Waals surface area contributed by atoms with Crippen LogP contribution in [0.2, 0.25) is 0 Å². The molecule has 2 heterocycles. The highest BCUT2D eigenvalue weighted by Crippen LogP contribution is 2.40. The molecule has 6 nitrogen and oxygen atoms in total. The summed E-state index contributed by atoms with van der Waals surface area (Å²) in [5.41, 5.74) is 8.99. The van der Waals surface area contributed by atoms with Gasteiger partial charge >= 0.3 is 0 Å². The van der Waals surface area contributed by atoms with Gasteiger partial charge in [-0.2, -0.15) is 0 Å². The molecule has 0 saturated heterocycles. The van der Waals surface area contributed by atoms with E-state index in [4.69, 9.17) is 15.5 Å². The lowest BCUT2D eigenvalue weighted by Gasteiger charge is -2.26. The van der Waals surface area contributed by atoms with E-state index in [1.165, 1.54) is 0 Å². The number of hydrogen-bond acceptors (Lipinski definition) is 5. The molecule has 1 aliphatic heterocycles. The van der Waals surface area contributed by atoms with Gasteiger partial charge in [0.2, 0.25) is 5.95 Å². The summed E-state index contributed by atoms with van der Waals surface area (Å²) in [4.78, 5) is 9.42. The maximum absolute atomic E-state index is 6.11. The van der Waals surface area contributed by atoms with E-state index in [0.717, 1.165) is 33.1 Å². The van der Waals surface area contributed by atoms with Gasteiger partial charge in [-0.05, 0) is 35.9 Å². The second kappa shape index (κ2) is 6.02. The number of aromatic nitrogens is 2. The zero-order valence-corrected chi connectivity index (χ0v) is 14.9. The van der Waals surface area contributed by atoms with E-state index in [0.29, 0.717) is 18.5 Å². The van der Waals surface area contributed by atoms with Gasteiger partial charge in [-0.15, -0.1) is 0 Å². The van der Waals surface area contributed by atoms with Crippen LogP contribution in [0.3, 0.4) is 0 Å². The van der Waals surface area contributed by atoms with E-state index < -0.39 is 0 Å². The summed E-state index contributed by atoms with van der Waals surface area (Å²) in [7, 11) is 0. The predicted molar refractivity (Wildman–Crippen MR) is 108 cm³/mol. The van der Waals surface area contributed by atoms with Crippen molar-refractivity contribution in [3.8, 4) is 5.75 Å². The maximum atomic E-state index is 6.11. The molecule has 4 aromatic rings. The van der Waals surface area contributed by atoms with Gasteiger partial charge < -0.3 is 10.5 Å². The van der Waals surface area contributed by atoms with Crippen molar-refractivity contribution in [3.63, 3.8) is 0 Å². The smallest absolute Gasteiger partial charge is 0.212 e. The van der Waals surface area contributed by atoms with Crippen molar-refractivity contribution in [2.45, 2.75) is 13.1 Å². The van der Waals surface area contributed by atoms with Gasteiger partial charge in [0.05, 0.1) is 17.6 Å². The van der Waals surface area contributed by atoms with Crippen molar-refractivity contribution in [1.29, 1.82) is 0 Å². The molecule has 6 heteroatoms. The minimum atomic E-state index is -0.360. The molecule has 0 amide bonds. The molecular weight excluding hydrogens is 338 g/mol. The van der Waals surface area contributed by atoms with Gasteiger partial charge in [0.25, 0.3) is 0 Å². The van der Waals surface area contributed by atoms with E-state index in [9.17, 15) is 0 Å². The molecule has 1 aliphatic rings. The Morgan fingerprint density at radius 1 is 1.07 bits per heavy atom. The number of guanidine groups is 1. The number of hydrogen-bond donors (Lipinski definition) is 2. The topological polar surface area (TPSA) is 77.5 Å². The Morgan fingerprint density at radius 3 is 2.78 bits per heavy atom. The minimum absolute atomic E-state index is 0.346. The normalized spacial score (nSPS) is 16.0. The first-order chi connectivity index (χ1) is 13.3. The lowest BCUT2D eigenvalue weighted by molar-refractivity contribution is 0.333. The number of fused-ring (bicyclic) bond motifs is 4. The molecule has 3 N–H and O–H groups in total. The van der Waals surface area contributed by atoms with Crippen LogP contribution in [0, 0.1) is 0 Å². The molecule has 1 aromatic heterocycles. The quantitative estimate of drug-likeness (QED) is 0.583. The van der Waals surface area contributed by atoms with E-state index >= 15 is 0 Å². The van der Waals surface area contributed by atoms with Gasteiger partial charge in [0.15, 0.2) is 12.1 Å². The predicted octanol–water partition coefficient (Wildman–Crippen LogP) is 3.88. The van der Waals surface area contributed by atoms with Crippen molar-refractivity contribution in [2.75, 3.05) is 11.9 Å². The maximum Gasteiger partial charge on any atom is 0.212 e. The van der Waals surface area contributed by atoms with Gasteiger partial charge in [-0.25, -0.2) is 9.98 Å². The number of benzene rings is 3. The fraction of sp³-hybridized carbons (Fsp3) is 0.143. The summed E-state index contributed by atoms with van der Waals surface area (Å²) in [5, 5.41) is 5.31. The molecule has 0 saturated carbocycles. The summed E-state index contributed by atoms with van der Waals surface area (Å²) < 4.78 is 8.05. The summed E-state index contributed by atoms with van der Waals surface area (Å²) in [6.07, 6.45) is -0.360. The Bertz CT molecular complexity index is 1190. The summed E-state index contributed by atoms with van der Waals surface area (Å²) in [6.45, 7) is 2.56. The molecule has 1 atom stereocenters. The molecule has 5 rings (SSSR count). The molecule has 134 valence electrons. The number of nitrogens with one attached hydrogen (secondary N) is 1. The summed E-state index contributed by atoms with van der Waals surface area (Å²) in [5.74, 6) is 1.84.